The highest BCUT2D eigenvalue weighted by Gasteiger charge is 2.32. The number of nitrogens with zero attached hydrogens (tertiary/aromatic N) is 2. The van der Waals surface area contributed by atoms with Crippen LogP contribution in [0.1, 0.15) is 44.4 Å². The summed E-state index contributed by atoms with van der Waals surface area (Å²) in [6.45, 7) is 7.39. The van der Waals surface area contributed by atoms with Gasteiger partial charge in [0.05, 0.1) is 6.20 Å². The molecule has 0 aliphatic rings. The number of benzene rings is 1. The molecule has 0 aliphatic heterocycles. The van der Waals surface area contributed by atoms with Gasteiger partial charge in [-0.2, -0.15) is 5.10 Å². The average molecular weight is 289 g/mol. The van der Waals surface area contributed by atoms with Crippen LogP contribution in [-0.2, 0) is 12.0 Å². The Morgan fingerprint density at radius 2 is 1.95 bits per heavy atom. The van der Waals surface area contributed by atoms with Gasteiger partial charge in [-0.05, 0) is 31.2 Å². The second kappa shape index (κ2) is 6.39. The largest absolute Gasteiger partial charge is 0.312 e. The molecular formula is C17H24FN3. The summed E-state index contributed by atoms with van der Waals surface area (Å²) in [6, 6.07) is 6.87. The van der Waals surface area contributed by atoms with Crippen molar-refractivity contribution in [3.63, 3.8) is 0 Å². The number of likely N-dealkylation sites (N-methyl/N-ethyl adjacent to an activating group) is 1. The molecule has 0 saturated carbocycles. The van der Waals surface area contributed by atoms with Gasteiger partial charge in [-0.15, -0.1) is 0 Å². The molecule has 21 heavy (non-hydrogen) atoms. The van der Waals surface area contributed by atoms with Crippen molar-refractivity contribution in [2.45, 2.75) is 45.2 Å². The molecule has 0 radical (unpaired) electrons. The van der Waals surface area contributed by atoms with Crippen molar-refractivity contribution in [1.29, 1.82) is 0 Å². The fourth-order valence-corrected chi connectivity index (χ4v) is 2.87. The third-order valence-electron chi connectivity index (χ3n) is 4.04. The van der Waals surface area contributed by atoms with Crippen molar-refractivity contribution in [1.82, 2.24) is 15.1 Å². The van der Waals surface area contributed by atoms with E-state index in [1.165, 1.54) is 12.1 Å². The lowest BCUT2D eigenvalue weighted by Crippen LogP contribution is -2.35. The Labute approximate surface area is 126 Å². The van der Waals surface area contributed by atoms with E-state index in [2.05, 4.69) is 37.4 Å². The molecule has 114 valence electrons. The van der Waals surface area contributed by atoms with Crippen molar-refractivity contribution in [2.24, 2.45) is 0 Å². The third-order valence-corrected chi connectivity index (χ3v) is 4.04. The molecule has 0 fully saturated rings. The molecule has 2 aromatic rings. The second-order valence-electron chi connectivity index (χ2n) is 5.99. The Kier molecular flexibility index (Phi) is 4.78. The van der Waals surface area contributed by atoms with E-state index in [-0.39, 0.29) is 17.3 Å². The van der Waals surface area contributed by atoms with Gasteiger partial charge in [0.25, 0.3) is 0 Å². The van der Waals surface area contributed by atoms with E-state index in [4.69, 9.17) is 0 Å². The SMILES string of the molecule is CCCn1cc(C(NC)C(C)(C)c2ccc(F)cc2)cn1. The summed E-state index contributed by atoms with van der Waals surface area (Å²) in [5.74, 6) is -0.202. The van der Waals surface area contributed by atoms with Gasteiger partial charge >= 0.3 is 0 Å². The molecule has 2 rings (SSSR count). The molecule has 1 unspecified atom stereocenters. The zero-order valence-corrected chi connectivity index (χ0v) is 13.2. The van der Waals surface area contributed by atoms with E-state index in [1.54, 1.807) is 0 Å². The molecule has 0 spiro atoms. The van der Waals surface area contributed by atoms with Crippen molar-refractivity contribution in [3.05, 3.63) is 53.6 Å². The first-order chi connectivity index (χ1) is 9.98. The van der Waals surface area contributed by atoms with Crippen LogP contribution >= 0.6 is 0 Å². The summed E-state index contributed by atoms with van der Waals surface area (Å²) in [7, 11) is 1.95. The summed E-state index contributed by atoms with van der Waals surface area (Å²) >= 11 is 0. The maximum atomic E-state index is 13.1. The van der Waals surface area contributed by atoms with Crippen LogP contribution in [0.25, 0.3) is 0 Å². The van der Waals surface area contributed by atoms with E-state index < -0.39 is 0 Å². The van der Waals surface area contributed by atoms with E-state index >= 15 is 0 Å². The quantitative estimate of drug-likeness (QED) is 0.879. The number of aromatic nitrogens is 2. The topological polar surface area (TPSA) is 29.9 Å². The molecule has 1 aromatic carbocycles. The van der Waals surface area contributed by atoms with Gasteiger partial charge in [0, 0.05) is 29.8 Å². The minimum Gasteiger partial charge on any atom is -0.312 e. The van der Waals surface area contributed by atoms with Gasteiger partial charge in [-0.1, -0.05) is 32.9 Å². The van der Waals surface area contributed by atoms with Crippen LogP contribution < -0.4 is 5.32 Å². The molecule has 0 amide bonds. The minimum absolute atomic E-state index is 0.119. The highest BCUT2D eigenvalue weighted by Crippen LogP contribution is 2.36. The van der Waals surface area contributed by atoms with Gasteiger partial charge in [0.15, 0.2) is 0 Å². The Balaban J connectivity index is 2.31. The maximum absolute atomic E-state index is 13.1. The fraction of sp³-hybridized carbons (Fsp3) is 0.471. The Hall–Kier alpha value is -1.68. The summed E-state index contributed by atoms with van der Waals surface area (Å²) in [5.41, 5.74) is 2.09. The molecule has 0 bridgehead atoms. The molecule has 3 nitrogen and oxygen atoms in total. The fourth-order valence-electron chi connectivity index (χ4n) is 2.87. The Morgan fingerprint density at radius 1 is 1.29 bits per heavy atom. The Bertz CT molecular complexity index is 572. The van der Waals surface area contributed by atoms with Crippen LogP contribution in [0.15, 0.2) is 36.7 Å². The number of nitrogens with one attached hydrogen (secondary N) is 1. The van der Waals surface area contributed by atoms with E-state index in [1.807, 2.05) is 30.1 Å². The lowest BCUT2D eigenvalue weighted by Gasteiger charge is -2.34. The van der Waals surface area contributed by atoms with Crippen LogP contribution in [0, 0.1) is 5.82 Å². The van der Waals surface area contributed by atoms with Crippen molar-refractivity contribution < 1.29 is 4.39 Å². The molecular weight excluding hydrogens is 265 g/mol. The van der Waals surface area contributed by atoms with Crippen molar-refractivity contribution in [3.8, 4) is 0 Å². The highest BCUT2D eigenvalue weighted by molar-refractivity contribution is 5.30. The Morgan fingerprint density at radius 3 is 2.52 bits per heavy atom. The van der Waals surface area contributed by atoms with E-state index in [0.717, 1.165) is 24.1 Å². The molecule has 1 heterocycles. The standard InChI is InChI=1S/C17H24FN3/c1-5-10-21-12-13(11-20-21)16(19-4)17(2,3)14-6-8-15(18)9-7-14/h6-9,11-12,16,19H,5,10H2,1-4H3. The number of hydrogen-bond acceptors (Lipinski definition) is 2. The maximum Gasteiger partial charge on any atom is 0.123 e. The van der Waals surface area contributed by atoms with Crippen molar-refractivity contribution >= 4 is 0 Å². The molecule has 1 N–H and O–H groups in total. The summed E-state index contributed by atoms with van der Waals surface area (Å²) in [5, 5.41) is 7.79. The molecule has 0 aliphatic carbocycles. The smallest absolute Gasteiger partial charge is 0.123 e. The minimum atomic E-state index is -0.202. The molecule has 4 heteroatoms. The monoisotopic (exact) mass is 289 g/mol. The van der Waals surface area contributed by atoms with Gasteiger partial charge in [-0.3, -0.25) is 4.68 Å². The molecule has 1 aromatic heterocycles. The zero-order valence-electron chi connectivity index (χ0n) is 13.2. The van der Waals surface area contributed by atoms with Crippen LogP contribution in [0.2, 0.25) is 0 Å². The van der Waals surface area contributed by atoms with Crippen LogP contribution in [0.5, 0.6) is 0 Å². The van der Waals surface area contributed by atoms with Crippen LogP contribution in [-0.4, -0.2) is 16.8 Å². The van der Waals surface area contributed by atoms with Crippen LogP contribution in [0.4, 0.5) is 4.39 Å². The third kappa shape index (κ3) is 3.32. The first-order valence-electron chi connectivity index (χ1n) is 7.44. The summed E-state index contributed by atoms with van der Waals surface area (Å²) in [6.07, 6.45) is 5.07. The summed E-state index contributed by atoms with van der Waals surface area (Å²) in [4.78, 5) is 0. The lowest BCUT2D eigenvalue weighted by atomic mass is 9.75. The number of hydrogen-bond donors (Lipinski definition) is 1. The molecule has 0 saturated heterocycles. The second-order valence-corrected chi connectivity index (χ2v) is 5.99. The normalized spacial score (nSPS) is 13.4. The van der Waals surface area contributed by atoms with Gasteiger partial charge in [-0.25, -0.2) is 4.39 Å². The van der Waals surface area contributed by atoms with Gasteiger partial charge in [0.1, 0.15) is 5.82 Å². The predicted octanol–water partition coefficient (Wildman–Crippen LogP) is 3.67. The average Bonchev–Trinajstić information content (AvgIpc) is 2.88. The highest BCUT2D eigenvalue weighted by atomic mass is 19.1. The lowest BCUT2D eigenvalue weighted by molar-refractivity contribution is 0.368. The van der Waals surface area contributed by atoms with Gasteiger partial charge < -0.3 is 5.32 Å². The van der Waals surface area contributed by atoms with E-state index in [9.17, 15) is 4.39 Å². The molecule has 1 atom stereocenters. The van der Waals surface area contributed by atoms with Crippen LogP contribution in [0.3, 0.4) is 0 Å². The number of rotatable bonds is 6. The summed E-state index contributed by atoms with van der Waals surface area (Å²) < 4.78 is 15.1. The number of halogens is 1. The predicted molar refractivity (Wildman–Crippen MR) is 83.7 cm³/mol. The van der Waals surface area contributed by atoms with Gasteiger partial charge in [0.2, 0.25) is 0 Å². The van der Waals surface area contributed by atoms with Crippen molar-refractivity contribution in [2.75, 3.05) is 7.05 Å². The van der Waals surface area contributed by atoms with E-state index in [0.29, 0.717) is 0 Å². The zero-order chi connectivity index (χ0) is 15.5. The number of aryl methyl sites for hydroxylation is 1. The first kappa shape index (κ1) is 15.7. The first-order valence-corrected chi connectivity index (χ1v) is 7.44.